The highest BCUT2D eigenvalue weighted by Crippen LogP contribution is 2.47. The zero-order chi connectivity index (χ0) is 32.7. The first kappa shape index (κ1) is 30.3. The Balaban J connectivity index is 1.15. The van der Waals surface area contributed by atoms with Gasteiger partial charge in [0.05, 0.1) is 17.6 Å². The van der Waals surface area contributed by atoms with Gasteiger partial charge < -0.3 is 20.5 Å². The Kier molecular flexibility index (Phi) is 7.97. The second-order valence-corrected chi connectivity index (χ2v) is 14.4. The van der Waals surface area contributed by atoms with Gasteiger partial charge in [0, 0.05) is 58.1 Å². The van der Waals surface area contributed by atoms with Crippen LogP contribution in [-0.2, 0) is 6.42 Å². The number of benzene rings is 2. The molecule has 0 spiro atoms. The molecule has 3 aromatic rings. The first-order valence-corrected chi connectivity index (χ1v) is 18.4. The normalized spacial score (nSPS) is 24.8. The monoisotopic (exact) mass is 642 g/mol. The lowest BCUT2D eigenvalue weighted by Gasteiger charge is -2.38. The largest absolute Gasteiger partial charge is 0.382 e. The summed E-state index contributed by atoms with van der Waals surface area (Å²) < 4.78 is 2.57. The fraction of sp³-hybridized carbons (Fsp3) is 0.289. The van der Waals surface area contributed by atoms with Crippen molar-refractivity contribution in [3.63, 3.8) is 0 Å². The van der Waals surface area contributed by atoms with Gasteiger partial charge in [-0.15, -0.1) is 0 Å². The number of nitrogens with one attached hydrogen (secondary N) is 1. The maximum atomic E-state index is 6.99. The molecule has 5 aliphatic carbocycles. The number of nitrogens with two attached hydrogens (primary N) is 1. The van der Waals surface area contributed by atoms with Crippen molar-refractivity contribution in [2.45, 2.75) is 81.5 Å². The van der Waals surface area contributed by atoms with Crippen molar-refractivity contribution in [3.05, 3.63) is 161 Å². The summed E-state index contributed by atoms with van der Waals surface area (Å²) in [5.41, 5.74) is 19.1. The summed E-state index contributed by atoms with van der Waals surface area (Å²) in [5, 5.41) is 5.50. The van der Waals surface area contributed by atoms with Gasteiger partial charge in [0.15, 0.2) is 0 Å². The Morgan fingerprint density at radius 1 is 0.857 bits per heavy atom. The van der Waals surface area contributed by atoms with Gasteiger partial charge in [0.25, 0.3) is 0 Å². The van der Waals surface area contributed by atoms with Crippen molar-refractivity contribution >= 4 is 28.4 Å². The molecule has 5 atom stereocenters. The number of allylic oxidation sites excluding steroid dienone is 10. The SMILES string of the molecule is NC(CC(NC1=CC(n2c3c(c4ccccc42)C=CCC3)=CC(N2c3ccccc3C3C=CC=CC32)C1)C1=CC=CCC1)C1=CCCC=C1. The van der Waals surface area contributed by atoms with E-state index in [1.165, 1.54) is 56.0 Å². The van der Waals surface area contributed by atoms with Crippen molar-refractivity contribution in [1.29, 1.82) is 0 Å². The lowest BCUT2D eigenvalue weighted by Crippen LogP contribution is -2.44. The minimum Gasteiger partial charge on any atom is -0.382 e. The summed E-state index contributed by atoms with van der Waals surface area (Å²) >= 11 is 0. The number of anilines is 1. The number of fused-ring (bicyclic) bond motifs is 6. The third-order valence-corrected chi connectivity index (χ3v) is 11.4. The predicted molar refractivity (Wildman–Crippen MR) is 206 cm³/mol. The first-order valence-electron chi connectivity index (χ1n) is 18.4. The van der Waals surface area contributed by atoms with Crippen LogP contribution in [0.4, 0.5) is 5.69 Å². The van der Waals surface area contributed by atoms with E-state index in [0.29, 0.717) is 12.0 Å². The lowest BCUT2D eigenvalue weighted by atomic mass is 9.88. The van der Waals surface area contributed by atoms with Gasteiger partial charge in [-0.05, 0) is 85.9 Å². The highest BCUT2D eigenvalue weighted by atomic mass is 15.2. The summed E-state index contributed by atoms with van der Waals surface area (Å²) in [6.07, 6.45) is 40.9. The van der Waals surface area contributed by atoms with Crippen LogP contribution >= 0.6 is 0 Å². The molecule has 2 aromatic carbocycles. The molecule has 6 aliphatic rings. The molecule has 0 amide bonds. The van der Waals surface area contributed by atoms with Crippen LogP contribution in [0.25, 0.3) is 22.7 Å². The zero-order valence-corrected chi connectivity index (χ0v) is 28.2. The molecular weight excluding hydrogens is 597 g/mol. The van der Waals surface area contributed by atoms with Gasteiger partial charge in [-0.3, -0.25) is 0 Å². The summed E-state index contributed by atoms with van der Waals surface area (Å²) in [6.45, 7) is 0. The van der Waals surface area contributed by atoms with E-state index in [1.54, 1.807) is 0 Å². The number of nitrogens with zero attached hydrogens (tertiary/aromatic N) is 2. The van der Waals surface area contributed by atoms with Crippen molar-refractivity contribution in [3.8, 4) is 0 Å². The molecule has 0 bridgehead atoms. The summed E-state index contributed by atoms with van der Waals surface area (Å²) in [4.78, 5) is 2.70. The van der Waals surface area contributed by atoms with Crippen LogP contribution in [0.5, 0.6) is 0 Å². The van der Waals surface area contributed by atoms with Gasteiger partial charge in [-0.2, -0.15) is 0 Å². The predicted octanol–water partition coefficient (Wildman–Crippen LogP) is 9.42. The Hall–Kier alpha value is -4.80. The molecule has 0 fully saturated rings. The van der Waals surface area contributed by atoms with Gasteiger partial charge in [-0.1, -0.05) is 109 Å². The van der Waals surface area contributed by atoms with Gasteiger partial charge in [-0.25, -0.2) is 0 Å². The number of rotatable bonds is 8. The van der Waals surface area contributed by atoms with E-state index in [2.05, 4.69) is 148 Å². The van der Waals surface area contributed by atoms with Crippen LogP contribution in [-0.4, -0.2) is 28.7 Å². The molecule has 4 nitrogen and oxygen atoms in total. The highest BCUT2D eigenvalue weighted by Gasteiger charge is 2.40. The van der Waals surface area contributed by atoms with Gasteiger partial charge in [0.1, 0.15) is 0 Å². The number of hydrogen-bond donors (Lipinski definition) is 2. The molecule has 0 saturated carbocycles. The molecule has 4 heteroatoms. The van der Waals surface area contributed by atoms with E-state index >= 15 is 0 Å². The molecule has 5 unspecified atom stereocenters. The van der Waals surface area contributed by atoms with Crippen LogP contribution < -0.4 is 16.0 Å². The van der Waals surface area contributed by atoms with Crippen LogP contribution in [0.3, 0.4) is 0 Å². The smallest absolute Gasteiger partial charge is 0.0586 e. The fourth-order valence-electron chi connectivity index (χ4n) is 9.10. The Morgan fingerprint density at radius 2 is 1.71 bits per heavy atom. The molecule has 3 N–H and O–H groups in total. The average Bonchev–Trinajstić information content (AvgIpc) is 3.68. The molecule has 246 valence electrons. The molecule has 49 heavy (non-hydrogen) atoms. The van der Waals surface area contributed by atoms with Crippen LogP contribution in [0, 0.1) is 0 Å². The summed E-state index contributed by atoms with van der Waals surface area (Å²) in [7, 11) is 0. The first-order chi connectivity index (χ1) is 24.2. The molecule has 9 rings (SSSR count). The number of hydrogen-bond acceptors (Lipinski definition) is 3. The van der Waals surface area contributed by atoms with E-state index in [1.807, 2.05) is 0 Å². The van der Waals surface area contributed by atoms with Crippen molar-refractivity contribution < 1.29 is 0 Å². The van der Waals surface area contributed by atoms with Gasteiger partial charge in [0.2, 0.25) is 0 Å². The number of aromatic nitrogens is 1. The zero-order valence-electron chi connectivity index (χ0n) is 28.2. The van der Waals surface area contributed by atoms with Crippen LogP contribution in [0.1, 0.15) is 67.7 Å². The van der Waals surface area contributed by atoms with Crippen molar-refractivity contribution in [2.75, 3.05) is 4.90 Å². The van der Waals surface area contributed by atoms with E-state index in [9.17, 15) is 0 Å². The lowest BCUT2D eigenvalue weighted by molar-refractivity contribution is 0.509. The summed E-state index contributed by atoms with van der Waals surface area (Å²) in [6, 6.07) is 18.7. The second kappa shape index (κ2) is 12.9. The standard InChI is InChI=1S/C45H46N4/c46-40(31-15-3-1-4-16-31)30-41(32-17-5-2-6-18-32)47-33-27-34(48-42-23-11-7-19-36(42)37-20-8-12-24-43(37)48)29-35(28-33)49-44-25-13-9-21-38(44)39-22-10-14-26-45(39)49/h2-3,5,7-13,15-17,19-25,28-29,34,36,40-42,47H,1,4,6,14,18,26-27,30,46H2. The Labute approximate surface area is 290 Å². The maximum Gasteiger partial charge on any atom is 0.0586 e. The third-order valence-electron chi connectivity index (χ3n) is 11.4. The number of para-hydroxylation sites is 2. The van der Waals surface area contributed by atoms with E-state index in [-0.39, 0.29) is 18.1 Å². The quantitative estimate of drug-likeness (QED) is 0.257. The molecule has 0 saturated heterocycles. The maximum absolute atomic E-state index is 6.99. The molecule has 1 aromatic heterocycles. The van der Waals surface area contributed by atoms with Crippen molar-refractivity contribution in [1.82, 2.24) is 9.88 Å². The molecule has 1 aliphatic heterocycles. The van der Waals surface area contributed by atoms with Crippen LogP contribution in [0.2, 0.25) is 0 Å². The minimum absolute atomic E-state index is 0.00608. The third kappa shape index (κ3) is 5.53. The fourth-order valence-corrected chi connectivity index (χ4v) is 9.10. The van der Waals surface area contributed by atoms with Crippen molar-refractivity contribution in [2.24, 2.45) is 5.73 Å². The molecular formula is C45H46N4. The molecule has 0 radical (unpaired) electrons. The Morgan fingerprint density at radius 3 is 2.61 bits per heavy atom. The Bertz CT molecular complexity index is 2060. The minimum atomic E-state index is -0.00608. The topological polar surface area (TPSA) is 46.2 Å². The van der Waals surface area contributed by atoms with E-state index in [0.717, 1.165) is 51.4 Å². The highest BCUT2D eigenvalue weighted by molar-refractivity contribution is 5.95. The van der Waals surface area contributed by atoms with Gasteiger partial charge >= 0.3 is 0 Å². The molecule has 2 heterocycles. The van der Waals surface area contributed by atoms with E-state index < -0.39 is 0 Å². The summed E-state index contributed by atoms with van der Waals surface area (Å²) in [5.74, 6) is 0.368. The van der Waals surface area contributed by atoms with Crippen LogP contribution in [0.15, 0.2) is 144 Å². The second-order valence-electron chi connectivity index (χ2n) is 14.4. The average molecular weight is 643 g/mol. The van der Waals surface area contributed by atoms with E-state index in [4.69, 9.17) is 5.73 Å².